The van der Waals surface area contributed by atoms with Gasteiger partial charge in [-0.15, -0.1) is 10.2 Å². The van der Waals surface area contributed by atoms with Crippen LogP contribution in [0.1, 0.15) is 5.56 Å². The SMILES string of the molecule is COc1ccccc1-n1c(SCC(=O)O)nnc1-c1cccc(C)c1. The Morgan fingerprint density at radius 2 is 2.00 bits per heavy atom. The highest BCUT2D eigenvalue weighted by Gasteiger charge is 2.19. The number of benzene rings is 2. The van der Waals surface area contributed by atoms with E-state index < -0.39 is 5.97 Å². The van der Waals surface area contributed by atoms with E-state index in [1.807, 2.05) is 60.0 Å². The van der Waals surface area contributed by atoms with E-state index in [9.17, 15) is 4.79 Å². The number of hydrogen-bond donors (Lipinski definition) is 1. The van der Waals surface area contributed by atoms with Crippen molar-refractivity contribution in [3.8, 4) is 22.8 Å². The third kappa shape index (κ3) is 3.66. The molecule has 6 nitrogen and oxygen atoms in total. The van der Waals surface area contributed by atoms with Gasteiger partial charge in [0.1, 0.15) is 5.75 Å². The zero-order chi connectivity index (χ0) is 17.8. The van der Waals surface area contributed by atoms with Crippen LogP contribution in [0.5, 0.6) is 5.75 Å². The van der Waals surface area contributed by atoms with Crippen molar-refractivity contribution in [3.63, 3.8) is 0 Å². The van der Waals surface area contributed by atoms with Crippen LogP contribution in [-0.4, -0.2) is 38.7 Å². The minimum Gasteiger partial charge on any atom is -0.495 e. The summed E-state index contributed by atoms with van der Waals surface area (Å²) in [5, 5.41) is 18.0. The van der Waals surface area contributed by atoms with Crippen molar-refractivity contribution in [1.29, 1.82) is 0 Å². The lowest BCUT2D eigenvalue weighted by Gasteiger charge is -2.13. The number of carbonyl (C=O) groups is 1. The molecule has 3 aromatic rings. The normalized spacial score (nSPS) is 10.6. The molecule has 0 atom stereocenters. The van der Waals surface area contributed by atoms with Crippen molar-refractivity contribution >= 4 is 17.7 Å². The summed E-state index contributed by atoms with van der Waals surface area (Å²) < 4.78 is 7.30. The molecule has 2 aromatic carbocycles. The van der Waals surface area contributed by atoms with E-state index >= 15 is 0 Å². The highest BCUT2D eigenvalue weighted by molar-refractivity contribution is 7.99. The molecule has 0 fully saturated rings. The fraction of sp³-hybridized carbons (Fsp3) is 0.167. The Hall–Kier alpha value is -2.80. The molecule has 3 rings (SSSR count). The first-order valence-corrected chi connectivity index (χ1v) is 8.59. The maximum atomic E-state index is 11.0. The summed E-state index contributed by atoms with van der Waals surface area (Å²) in [5.74, 6) is 0.298. The second-order valence-electron chi connectivity index (χ2n) is 5.37. The fourth-order valence-corrected chi connectivity index (χ4v) is 3.16. The number of carboxylic acid groups (broad SMARTS) is 1. The zero-order valence-electron chi connectivity index (χ0n) is 13.8. The van der Waals surface area contributed by atoms with E-state index in [4.69, 9.17) is 9.84 Å². The van der Waals surface area contributed by atoms with Gasteiger partial charge in [-0.3, -0.25) is 9.36 Å². The van der Waals surface area contributed by atoms with Crippen molar-refractivity contribution in [3.05, 3.63) is 54.1 Å². The summed E-state index contributed by atoms with van der Waals surface area (Å²) >= 11 is 1.12. The summed E-state index contributed by atoms with van der Waals surface area (Å²) in [6.45, 7) is 2.01. The molecule has 0 amide bonds. The number of para-hydroxylation sites is 2. The summed E-state index contributed by atoms with van der Waals surface area (Å²) in [4.78, 5) is 11.0. The first kappa shape index (κ1) is 17.0. The van der Waals surface area contributed by atoms with E-state index in [0.29, 0.717) is 16.7 Å². The minimum absolute atomic E-state index is 0.0961. The van der Waals surface area contributed by atoms with Crippen LogP contribution in [0.15, 0.2) is 53.7 Å². The zero-order valence-corrected chi connectivity index (χ0v) is 14.7. The van der Waals surface area contributed by atoms with Crippen LogP contribution in [0.2, 0.25) is 0 Å². The number of ether oxygens (including phenoxy) is 1. The summed E-state index contributed by atoms with van der Waals surface area (Å²) in [7, 11) is 1.60. The van der Waals surface area contributed by atoms with Gasteiger partial charge in [0, 0.05) is 5.56 Å². The van der Waals surface area contributed by atoms with E-state index in [-0.39, 0.29) is 5.75 Å². The highest BCUT2D eigenvalue weighted by Crippen LogP contribution is 2.32. The molecule has 128 valence electrons. The number of aryl methyl sites for hydroxylation is 1. The molecule has 0 aliphatic carbocycles. The Bertz CT molecular complexity index is 908. The number of methoxy groups -OCH3 is 1. The Balaban J connectivity index is 2.18. The molecule has 1 aromatic heterocycles. The molecule has 25 heavy (non-hydrogen) atoms. The molecule has 0 saturated carbocycles. The van der Waals surface area contributed by atoms with Gasteiger partial charge in [0.25, 0.3) is 0 Å². The maximum Gasteiger partial charge on any atom is 0.313 e. The quantitative estimate of drug-likeness (QED) is 0.683. The van der Waals surface area contributed by atoms with Crippen molar-refractivity contribution in [2.45, 2.75) is 12.1 Å². The Morgan fingerprint density at radius 3 is 2.72 bits per heavy atom. The smallest absolute Gasteiger partial charge is 0.313 e. The van der Waals surface area contributed by atoms with E-state index in [1.165, 1.54) is 0 Å². The molecule has 0 spiro atoms. The van der Waals surface area contributed by atoms with Crippen molar-refractivity contribution in [2.75, 3.05) is 12.9 Å². The molecular weight excluding hydrogens is 338 g/mol. The van der Waals surface area contributed by atoms with Crippen molar-refractivity contribution in [1.82, 2.24) is 14.8 Å². The maximum absolute atomic E-state index is 11.0. The third-order valence-corrected chi connectivity index (χ3v) is 4.47. The number of thioether (sulfide) groups is 1. The first-order valence-electron chi connectivity index (χ1n) is 7.60. The van der Waals surface area contributed by atoms with Crippen LogP contribution in [0.3, 0.4) is 0 Å². The Kier molecular flexibility index (Phi) is 5.04. The molecule has 0 unspecified atom stereocenters. The van der Waals surface area contributed by atoms with Gasteiger partial charge in [-0.25, -0.2) is 0 Å². The molecule has 0 bridgehead atoms. The van der Waals surface area contributed by atoms with Crippen LogP contribution in [0, 0.1) is 6.92 Å². The van der Waals surface area contributed by atoms with Crippen LogP contribution in [0.4, 0.5) is 0 Å². The molecular formula is C18H17N3O3S. The van der Waals surface area contributed by atoms with Gasteiger partial charge < -0.3 is 9.84 Å². The van der Waals surface area contributed by atoms with Crippen LogP contribution < -0.4 is 4.74 Å². The summed E-state index contributed by atoms with van der Waals surface area (Å²) in [6, 6.07) is 15.4. The average molecular weight is 355 g/mol. The van der Waals surface area contributed by atoms with Gasteiger partial charge in [-0.05, 0) is 25.1 Å². The summed E-state index contributed by atoms with van der Waals surface area (Å²) in [6.07, 6.45) is 0. The largest absolute Gasteiger partial charge is 0.495 e. The molecule has 7 heteroatoms. The van der Waals surface area contributed by atoms with Gasteiger partial charge in [0.2, 0.25) is 0 Å². The predicted octanol–water partition coefficient (Wildman–Crippen LogP) is 3.43. The number of aliphatic carboxylic acids is 1. The topological polar surface area (TPSA) is 77.2 Å². The highest BCUT2D eigenvalue weighted by atomic mass is 32.2. The molecule has 1 N–H and O–H groups in total. The molecule has 0 aliphatic rings. The minimum atomic E-state index is -0.906. The second-order valence-corrected chi connectivity index (χ2v) is 6.31. The van der Waals surface area contributed by atoms with E-state index in [2.05, 4.69) is 10.2 Å². The number of rotatable bonds is 6. The molecule has 1 heterocycles. The van der Waals surface area contributed by atoms with Gasteiger partial charge in [-0.1, -0.05) is 47.7 Å². The van der Waals surface area contributed by atoms with Crippen LogP contribution in [0.25, 0.3) is 17.1 Å². The summed E-state index contributed by atoms with van der Waals surface area (Å²) in [5.41, 5.74) is 2.77. The third-order valence-electron chi connectivity index (χ3n) is 3.56. The van der Waals surface area contributed by atoms with Gasteiger partial charge in [0.05, 0.1) is 18.6 Å². The molecule has 0 saturated heterocycles. The standard InChI is InChI=1S/C18H17N3O3S/c1-12-6-5-7-13(10-12)17-19-20-18(25-11-16(22)23)21(17)14-8-3-4-9-15(14)24-2/h3-10H,11H2,1-2H3,(H,22,23). The number of carboxylic acids is 1. The lowest BCUT2D eigenvalue weighted by Crippen LogP contribution is -2.04. The van der Waals surface area contributed by atoms with Gasteiger partial charge in [-0.2, -0.15) is 0 Å². The van der Waals surface area contributed by atoms with E-state index in [1.54, 1.807) is 7.11 Å². The number of hydrogen-bond acceptors (Lipinski definition) is 5. The monoisotopic (exact) mass is 355 g/mol. The van der Waals surface area contributed by atoms with Crippen molar-refractivity contribution < 1.29 is 14.6 Å². The number of nitrogens with zero attached hydrogens (tertiary/aromatic N) is 3. The van der Waals surface area contributed by atoms with E-state index in [0.717, 1.165) is 28.6 Å². The average Bonchev–Trinajstić information content (AvgIpc) is 3.03. The van der Waals surface area contributed by atoms with Gasteiger partial charge >= 0.3 is 5.97 Å². The lowest BCUT2D eigenvalue weighted by molar-refractivity contribution is -0.133. The lowest BCUT2D eigenvalue weighted by atomic mass is 10.1. The van der Waals surface area contributed by atoms with Crippen molar-refractivity contribution in [2.24, 2.45) is 0 Å². The fourth-order valence-electron chi connectivity index (χ4n) is 2.49. The van der Waals surface area contributed by atoms with Gasteiger partial charge in [0.15, 0.2) is 11.0 Å². The molecule has 0 aliphatic heterocycles. The number of aromatic nitrogens is 3. The molecule has 0 radical (unpaired) electrons. The Morgan fingerprint density at radius 1 is 1.20 bits per heavy atom. The predicted molar refractivity (Wildman–Crippen MR) is 96.4 cm³/mol. The van der Waals surface area contributed by atoms with Crippen LogP contribution in [-0.2, 0) is 4.79 Å². The van der Waals surface area contributed by atoms with Crippen LogP contribution >= 0.6 is 11.8 Å². The second kappa shape index (κ2) is 7.40. The Labute approximate surface area is 149 Å². The first-order chi connectivity index (χ1) is 12.1.